The van der Waals surface area contributed by atoms with Crippen molar-refractivity contribution < 1.29 is 0 Å². The molecule has 0 nitrogen and oxygen atoms in total. The summed E-state index contributed by atoms with van der Waals surface area (Å²) in [7, 11) is 0. The van der Waals surface area contributed by atoms with Crippen molar-refractivity contribution in [1.29, 1.82) is 0 Å². The van der Waals surface area contributed by atoms with Gasteiger partial charge in [0, 0.05) is 0 Å². The van der Waals surface area contributed by atoms with Gasteiger partial charge in [0.05, 0.1) is 0 Å². The number of allylic oxidation sites excluding steroid dienone is 2. The Kier molecular flexibility index (Phi) is 7.70. The lowest BCUT2D eigenvalue weighted by molar-refractivity contribution is 0.0917. The topological polar surface area (TPSA) is 0 Å². The van der Waals surface area contributed by atoms with Crippen molar-refractivity contribution in [1.82, 2.24) is 0 Å². The molecule has 0 saturated heterocycles. The Morgan fingerprint density at radius 2 is 1.61 bits per heavy atom. The van der Waals surface area contributed by atoms with Gasteiger partial charge in [0.15, 0.2) is 0 Å². The summed E-state index contributed by atoms with van der Waals surface area (Å²) in [6.07, 6.45) is 15.9. The smallest absolute Gasteiger partial charge is 0.0348 e. The summed E-state index contributed by atoms with van der Waals surface area (Å²) in [5, 5.41) is 0. The third-order valence-electron chi connectivity index (χ3n) is 4.89. The van der Waals surface area contributed by atoms with E-state index in [1.54, 1.807) is 0 Å². The molecule has 1 rings (SSSR count). The maximum absolute atomic E-state index is 2.46. The zero-order chi connectivity index (χ0) is 13.4. The summed E-state index contributed by atoms with van der Waals surface area (Å²) in [6, 6.07) is 0. The van der Waals surface area contributed by atoms with Crippen molar-refractivity contribution in [3.8, 4) is 0 Å². The van der Waals surface area contributed by atoms with Gasteiger partial charge in [0.2, 0.25) is 0 Å². The van der Waals surface area contributed by atoms with E-state index in [4.69, 9.17) is 0 Å². The lowest BCUT2D eigenvalue weighted by atomic mass is 9.64. The minimum Gasteiger partial charge on any atom is -0.0885 e. The average Bonchev–Trinajstić information content (AvgIpc) is 2.25. The molecule has 18 heavy (non-hydrogen) atoms. The number of rotatable bonds is 9. The molecule has 1 aliphatic carbocycles. The van der Waals surface area contributed by atoms with Crippen molar-refractivity contribution in [2.24, 2.45) is 23.7 Å². The van der Waals surface area contributed by atoms with Crippen LogP contribution in [-0.2, 0) is 0 Å². The molecule has 0 aromatic carbocycles. The Morgan fingerprint density at radius 1 is 0.944 bits per heavy atom. The van der Waals surface area contributed by atoms with Crippen LogP contribution in [-0.4, -0.2) is 0 Å². The van der Waals surface area contributed by atoms with Crippen LogP contribution < -0.4 is 0 Å². The Hall–Kier alpha value is -0.260. The molecular weight excluding hydrogens is 216 g/mol. The van der Waals surface area contributed by atoms with E-state index in [0.29, 0.717) is 0 Å². The zero-order valence-corrected chi connectivity index (χ0v) is 13.1. The predicted molar refractivity (Wildman–Crippen MR) is 82.7 cm³/mol. The van der Waals surface area contributed by atoms with E-state index in [-0.39, 0.29) is 0 Å². The van der Waals surface area contributed by atoms with E-state index in [1.165, 1.54) is 51.4 Å². The highest BCUT2D eigenvalue weighted by atomic mass is 14.4. The number of hydrogen-bond acceptors (Lipinski definition) is 0. The van der Waals surface area contributed by atoms with E-state index in [1.807, 2.05) is 0 Å². The van der Waals surface area contributed by atoms with Crippen molar-refractivity contribution in [2.45, 2.75) is 79.1 Å². The van der Waals surface area contributed by atoms with Gasteiger partial charge in [-0.1, -0.05) is 52.7 Å². The lowest BCUT2D eigenvalue weighted by Crippen LogP contribution is -2.31. The van der Waals surface area contributed by atoms with E-state index in [2.05, 4.69) is 39.8 Å². The van der Waals surface area contributed by atoms with Crippen molar-refractivity contribution in [3.63, 3.8) is 0 Å². The fourth-order valence-corrected chi connectivity index (χ4v) is 3.06. The summed E-state index contributed by atoms with van der Waals surface area (Å²) < 4.78 is 0. The van der Waals surface area contributed by atoms with Gasteiger partial charge in [0.1, 0.15) is 0 Å². The van der Waals surface area contributed by atoms with Crippen molar-refractivity contribution in [2.75, 3.05) is 0 Å². The SMILES string of the molecule is CCCCCC=CCCC(C)C1CC(C(C)C)C1. The van der Waals surface area contributed by atoms with Crippen molar-refractivity contribution in [3.05, 3.63) is 12.2 Å². The number of hydrogen-bond donors (Lipinski definition) is 0. The lowest BCUT2D eigenvalue weighted by Gasteiger charge is -2.41. The Morgan fingerprint density at radius 3 is 2.22 bits per heavy atom. The molecule has 0 aromatic heterocycles. The van der Waals surface area contributed by atoms with Crippen molar-refractivity contribution >= 4 is 0 Å². The van der Waals surface area contributed by atoms with Crippen LogP contribution in [0.2, 0.25) is 0 Å². The molecule has 1 atom stereocenters. The van der Waals surface area contributed by atoms with Crippen LogP contribution >= 0.6 is 0 Å². The first-order valence-corrected chi connectivity index (χ1v) is 8.30. The maximum Gasteiger partial charge on any atom is -0.0348 e. The third-order valence-corrected chi connectivity index (χ3v) is 4.89. The Bertz CT molecular complexity index is 220. The monoisotopic (exact) mass is 250 g/mol. The summed E-state index contributed by atoms with van der Waals surface area (Å²) in [6.45, 7) is 9.50. The first-order chi connectivity index (χ1) is 8.65. The van der Waals surface area contributed by atoms with Gasteiger partial charge in [0.25, 0.3) is 0 Å². The molecule has 1 fully saturated rings. The first kappa shape index (κ1) is 15.8. The van der Waals surface area contributed by atoms with Gasteiger partial charge in [-0.15, -0.1) is 0 Å². The van der Waals surface area contributed by atoms with Crippen LogP contribution in [0.1, 0.15) is 79.1 Å². The highest BCUT2D eigenvalue weighted by Gasteiger charge is 2.33. The molecule has 0 N–H and O–H groups in total. The fraction of sp³-hybridized carbons (Fsp3) is 0.889. The summed E-state index contributed by atoms with van der Waals surface area (Å²) in [5.74, 6) is 3.92. The van der Waals surface area contributed by atoms with E-state index >= 15 is 0 Å². The molecule has 1 unspecified atom stereocenters. The van der Waals surface area contributed by atoms with E-state index < -0.39 is 0 Å². The molecule has 0 spiro atoms. The standard InChI is InChI=1S/C18H34/c1-5-6-7-8-9-10-11-12-16(4)18-13-17(14-18)15(2)3/h9-10,15-18H,5-8,11-14H2,1-4H3. The van der Waals surface area contributed by atoms with Crippen LogP contribution in [0.3, 0.4) is 0 Å². The first-order valence-electron chi connectivity index (χ1n) is 8.30. The number of unbranched alkanes of at least 4 members (excludes halogenated alkanes) is 3. The van der Waals surface area contributed by atoms with Crippen LogP contribution in [0.15, 0.2) is 12.2 Å². The fourth-order valence-electron chi connectivity index (χ4n) is 3.06. The molecule has 0 aliphatic heterocycles. The van der Waals surface area contributed by atoms with E-state index in [9.17, 15) is 0 Å². The van der Waals surface area contributed by atoms with Crippen LogP contribution in [0, 0.1) is 23.7 Å². The molecule has 0 bridgehead atoms. The predicted octanol–water partition coefficient (Wildman–Crippen LogP) is 6.22. The molecule has 1 aliphatic rings. The van der Waals surface area contributed by atoms with Crippen LogP contribution in [0.4, 0.5) is 0 Å². The molecule has 0 amide bonds. The highest BCUT2D eigenvalue weighted by molar-refractivity contribution is 4.87. The molecule has 0 heteroatoms. The Labute approximate surface area is 115 Å². The highest BCUT2D eigenvalue weighted by Crippen LogP contribution is 2.43. The minimum atomic E-state index is 0.909. The largest absolute Gasteiger partial charge is 0.0885 e. The summed E-state index contributed by atoms with van der Waals surface area (Å²) in [5.41, 5.74) is 0. The van der Waals surface area contributed by atoms with Gasteiger partial charge >= 0.3 is 0 Å². The van der Waals surface area contributed by atoms with Gasteiger partial charge in [-0.25, -0.2) is 0 Å². The van der Waals surface area contributed by atoms with Gasteiger partial charge < -0.3 is 0 Å². The maximum atomic E-state index is 2.46. The summed E-state index contributed by atoms with van der Waals surface area (Å²) in [4.78, 5) is 0. The van der Waals surface area contributed by atoms with Crippen LogP contribution in [0.5, 0.6) is 0 Å². The summed E-state index contributed by atoms with van der Waals surface area (Å²) >= 11 is 0. The van der Waals surface area contributed by atoms with Crippen LogP contribution in [0.25, 0.3) is 0 Å². The second kappa shape index (κ2) is 8.77. The molecule has 0 heterocycles. The molecule has 1 saturated carbocycles. The van der Waals surface area contributed by atoms with E-state index in [0.717, 1.165) is 23.7 Å². The molecule has 0 aromatic rings. The zero-order valence-electron chi connectivity index (χ0n) is 13.1. The quantitative estimate of drug-likeness (QED) is 0.336. The molecular formula is C18H34. The normalized spacial score (nSPS) is 25.6. The molecule has 106 valence electrons. The second-order valence-corrected chi connectivity index (χ2v) is 6.76. The Balaban J connectivity index is 1.99. The second-order valence-electron chi connectivity index (χ2n) is 6.76. The third kappa shape index (κ3) is 5.59. The van der Waals surface area contributed by atoms with Gasteiger partial charge in [-0.2, -0.15) is 0 Å². The van der Waals surface area contributed by atoms with Gasteiger partial charge in [-0.05, 0) is 62.2 Å². The minimum absolute atomic E-state index is 0.909. The average molecular weight is 250 g/mol. The molecule has 0 radical (unpaired) electrons. The van der Waals surface area contributed by atoms with Gasteiger partial charge in [-0.3, -0.25) is 0 Å².